The molecule has 0 radical (unpaired) electrons. The zero-order valence-corrected chi connectivity index (χ0v) is 6.18. The van der Waals surface area contributed by atoms with Crippen LogP contribution in [0.3, 0.4) is 0 Å². The van der Waals surface area contributed by atoms with Gasteiger partial charge in [0.25, 0.3) is 0 Å². The first kappa shape index (κ1) is 6.90. The summed E-state index contributed by atoms with van der Waals surface area (Å²) in [5.41, 5.74) is 0. The highest BCUT2D eigenvalue weighted by atomic mass is 32.1. The van der Waals surface area contributed by atoms with Crippen LogP contribution in [0.25, 0.3) is 0 Å². The number of hydrogen-bond acceptors (Lipinski definition) is 2. The minimum absolute atomic E-state index is 0.380. The molecule has 0 aromatic carbocycles. The topological polar surface area (TPSA) is 20.2 Å². The molecule has 0 bridgehead atoms. The Kier molecular flexibility index (Phi) is 1.68. The van der Waals surface area contributed by atoms with Gasteiger partial charge in [-0.25, -0.2) is 0 Å². The Bertz CT molecular complexity index is 158. The van der Waals surface area contributed by atoms with Crippen molar-refractivity contribution in [3.8, 4) is 0 Å². The van der Waals surface area contributed by atoms with Crippen molar-refractivity contribution in [3.63, 3.8) is 0 Å². The zero-order valence-electron chi connectivity index (χ0n) is 5.28. The summed E-state index contributed by atoms with van der Waals surface area (Å²) < 4.78 is -0.380. The largest absolute Gasteiger partial charge is 0.387 e. The van der Waals surface area contributed by atoms with E-state index in [0.717, 1.165) is 0 Å². The van der Waals surface area contributed by atoms with Gasteiger partial charge < -0.3 is 5.11 Å². The Balaban J connectivity index is 2.78. The number of allylic oxidation sites excluding steroid dienone is 2. The number of thiol groups is 1. The summed E-state index contributed by atoms with van der Waals surface area (Å²) >= 11 is 4.22. The summed E-state index contributed by atoms with van der Waals surface area (Å²) in [5, 5.41) is 9.22. The number of aliphatic hydroxyl groups is 1. The van der Waals surface area contributed by atoms with Gasteiger partial charge in [0.1, 0.15) is 0 Å². The van der Waals surface area contributed by atoms with E-state index < -0.39 is 6.10 Å². The van der Waals surface area contributed by atoms with Crippen molar-refractivity contribution >= 4 is 12.6 Å². The maximum absolute atomic E-state index is 9.22. The highest BCUT2D eigenvalue weighted by Crippen LogP contribution is 2.23. The lowest BCUT2D eigenvalue weighted by atomic mass is 9.99. The Morgan fingerprint density at radius 3 is 2.56 bits per heavy atom. The molecule has 1 nitrogen and oxygen atoms in total. The molecule has 0 spiro atoms. The third kappa shape index (κ3) is 1.37. The molecule has 0 amide bonds. The van der Waals surface area contributed by atoms with Crippen molar-refractivity contribution in [2.24, 2.45) is 0 Å². The molecule has 1 aliphatic rings. The molecule has 0 aromatic heterocycles. The van der Waals surface area contributed by atoms with Crippen molar-refractivity contribution < 1.29 is 5.11 Å². The minimum Gasteiger partial charge on any atom is -0.387 e. The maximum atomic E-state index is 9.22. The first-order valence-corrected chi connectivity index (χ1v) is 3.34. The monoisotopic (exact) mass is 142 g/mol. The van der Waals surface area contributed by atoms with Crippen LogP contribution < -0.4 is 0 Å². The molecule has 0 fully saturated rings. The predicted octanol–water partition coefficient (Wildman–Crippen LogP) is 1.16. The third-order valence-electron chi connectivity index (χ3n) is 1.44. The van der Waals surface area contributed by atoms with E-state index in [-0.39, 0.29) is 4.75 Å². The Morgan fingerprint density at radius 2 is 2.22 bits per heavy atom. The van der Waals surface area contributed by atoms with E-state index in [0.29, 0.717) is 0 Å². The van der Waals surface area contributed by atoms with E-state index >= 15 is 0 Å². The van der Waals surface area contributed by atoms with Gasteiger partial charge in [0, 0.05) is 0 Å². The molecule has 1 aliphatic carbocycles. The normalized spacial score (nSPS) is 41.4. The molecule has 2 heteroatoms. The van der Waals surface area contributed by atoms with Gasteiger partial charge in [-0.15, -0.1) is 0 Å². The van der Waals surface area contributed by atoms with Gasteiger partial charge in [-0.2, -0.15) is 12.6 Å². The van der Waals surface area contributed by atoms with Crippen LogP contribution in [0.1, 0.15) is 6.92 Å². The molecular weight excluding hydrogens is 132 g/mol. The van der Waals surface area contributed by atoms with Crippen LogP contribution in [-0.2, 0) is 0 Å². The zero-order chi connectivity index (χ0) is 6.91. The van der Waals surface area contributed by atoms with E-state index in [4.69, 9.17) is 0 Å². The van der Waals surface area contributed by atoms with Crippen molar-refractivity contribution in [1.29, 1.82) is 0 Å². The predicted molar refractivity (Wildman–Crippen MR) is 41.7 cm³/mol. The third-order valence-corrected chi connectivity index (χ3v) is 1.85. The fourth-order valence-electron chi connectivity index (χ4n) is 0.713. The van der Waals surface area contributed by atoms with E-state index in [1.165, 1.54) is 0 Å². The number of aliphatic hydroxyl groups excluding tert-OH is 1. The number of hydrogen-bond donors (Lipinski definition) is 2. The van der Waals surface area contributed by atoms with Gasteiger partial charge in [-0.05, 0) is 6.92 Å². The standard InChI is InChI=1S/C7H10OS/c1-7(9)5-3-2-4-6(7)8/h2-6,8-9H,1H3. The van der Waals surface area contributed by atoms with Crippen molar-refractivity contribution in [2.75, 3.05) is 0 Å². The van der Waals surface area contributed by atoms with E-state index in [1.807, 2.05) is 25.2 Å². The van der Waals surface area contributed by atoms with Crippen LogP contribution in [0.15, 0.2) is 24.3 Å². The second-order valence-electron chi connectivity index (χ2n) is 2.41. The van der Waals surface area contributed by atoms with Crippen LogP contribution in [0, 0.1) is 0 Å². The Labute approximate surface area is 60.5 Å². The summed E-state index contributed by atoms with van der Waals surface area (Å²) in [5.74, 6) is 0. The average molecular weight is 142 g/mol. The molecule has 2 atom stereocenters. The lowest BCUT2D eigenvalue weighted by Crippen LogP contribution is -2.30. The highest BCUT2D eigenvalue weighted by Gasteiger charge is 2.24. The van der Waals surface area contributed by atoms with Gasteiger partial charge in [0.15, 0.2) is 0 Å². The van der Waals surface area contributed by atoms with Crippen molar-refractivity contribution in [3.05, 3.63) is 24.3 Å². The second-order valence-corrected chi connectivity index (χ2v) is 3.38. The average Bonchev–Trinajstić information content (AvgIpc) is 1.77. The first-order chi connectivity index (χ1) is 4.13. The molecule has 9 heavy (non-hydrogen) atoms. The fraction of sp³-hybridized carbons (Fsp3) is 0.429. The lowest BCUT2D eigenvalue weighted by Gasteiger charge is -2.25. The molecule has 0 saturated heterocycles. The van der Waals surface area contributed by atoms with Crippen molar-refractivity contribution in [2.45, 2.75) is 17.8 Å². The second kappa shape index (κ2) is 2.20. The smallest absolute Gasteiger partial charge is 0.0900 e. The molecule has 50 valence electrons. The quantitative estimate of drug-likeness (QED) is 0.486. The van der Waals surface area contributed by atoms with E-state index in [2.05, 4.69) is 12.6 Å². The first-order valence-electron chi connectivity index (χ1n) is 2.89. The molecular formula is C7H10OS. The summed E-state index contributed by atoms with van der Waals surface area (Å²) in [7, 11) is 0. The number of rotatable bonds is 0. The van der Waals surface area contributed by atoms with Gasteiger partial charge in [-0.1, -0.05) is 24.3 Å². The molecule has 0 saturated carbocycles. The fourth-order valence-corrected chi connectivity index (χ4v) is 0.885. The molecule has 0 aliphatic heterocycles. The minimum atomic E-state index is -0.453. The molecule has 1 N–H and O–H groups in total. The summed E-state index contributed by atoms with van der Waals surface area (Å²) in [6.07, 6.45) is 6.86. The van der Waals surface area contributed by atoms with Crippen LogP contribution in [-0.4, -0.2) is 16.0 Å². The highest BCUT2D eigenvalue weighted by molar-refractivity contribution is 7.82. The van der Waals surface area contributed by atoms with Crippen LogP contribution in [0.2, 0.25) is 0 Å². The molecule has 0 aromatic rings. The van der Waals surface area contributed by atoms with E-state index in [1.54, 1.807) is 6.08 Å². The van der Waals surface area contributed by atoms with Crippen LogP contribution in [0.4, 0.5) is 0 Å². The molecule has 1 rings (SSSR count). The van der Waals surface area contributed by atoms with Crippen LogP contribution >= 0.6 is 12.6 Å². The van der Waals surface area contributed by atoms with Gasteiger partial charge in [0.05, 0.1) is 10.9 Å². The SMILES string of the molecule is CC1(S)C=CC=CC1O. The maximum Gasteiger partial charge on any atom is 0.0900 e. The van der Waals surface area contributed by atoms with Gasteiger partial charge >= 0.3 is 0 Å². The van der Waals surface area contributed by atoms with Crippen molar-refractivity contribution in [1.82, 2.24) is 0 Å². The summed E-state index contributed by atoms with van der Waals surface area (Å²) in [6, 6.07) is 0. The van der Waals surface area contributed by atoms with E-state index in [9.17, 15) is 5.11 Å². The lowest BCUT2D eigenvalue weighted by molar-refractivity contribution is 0.200. The summed E-state index contributed by atoms with van der Waals surface area (Å²) in [4.78, 5) is 0. The summed E-state index contributed by atoms with van der Waals surface area (Å²) in [6.45, 7) is 1.88. The van der Waals surface area contributed by atoms with Crippen LogP contribution in [0.5, 0.6) is 0 Å². The molecule has 2 unspecified atom stereocenters. The Hall–Kier alpha value is -0.210. The van der Waals surface area contributed by atoms with Gasteiger partial charge in [0.2, 0.25) is 0 Å². The Morgan fingerprint density at radius 1 is 1.56 bits per heavy atom. The molecule has 0 heterocycles. The van der Waals surface area contributed by atoms with Gasteiger partial charge in [-0.3, -0.25) is 0 Å².